The van der Waals surface area contributed by atoms with Crippen LogP contribution in [0.15, 0.2) is 41.8 Å². The van der Waals surface area contributed by atoms with Gasteiger partial charge in [-0.15, -0.1) is 11.3 Å². The second-order valence-electron chi connectivity index (χ2n) is 6.42. The van der Waals surface area contributed by atoms with Crippen molar-refractivity contribution >= 4 is 17.2 Å². The summed E-state index contributed by atoms with van der Waals surface area (Å²) in [5, 5.41) is 5.12. The third-order valence-corrected chi connectivity index (χ3v) is 5.02. The molecule has 1 aromatic heterocycles. The monoisotopic (exact) mass is 360 g/mol. The number of hydrogen-bond acceptors (Lipinski definition) is 4. The minimum Gasteiger partial charge on any atom is -0.494 e. The first-order valence-corrected chi connectivity index (χ1v) is 9.60. The maximum absolute atomic E-state index is 12.1. The zero-order valence-corrected chi connectivity index (χ0v) is 16.1. The summed E-state index contributed by atoms with van der Waals surface area (Å²) in [4.78, 5) is 15.5. The molecule has 0 bridgehead atoms. The Labute approximate surface area is 154 Å². The third kappa shape index (κ3) is 6.88. The van der Waals surface area contributed by atoms with E-state index in [1.165, 1.54) is 10.4 Å². The fourth-order valence-corrected chi connectivity index (χ4v) is 3.52. The lowest BCUT2D eigenvalue weighted by atomic mass is 10.2. The van der Waals surface area contributed by atoms with Crippen LogP contribution in [0, 0.1) is 6.92 Å². The average molecular weight is 361 g/mol. The van der Waals surface area contributed by atoms with Crippen LogP contribution < -0.4 is 10.1 Å². The Morgan fingerprint density at radius 2 is 2.08 bits per heavy atom. The molecule has 0 aliphatic rings. The number of aryl methyl sites for hydroxylation is 1. The topological polar surface area (TPSA) is 41.6 Å². The van der Waals surface area contributed by atoms with Crippen molar-refractivity contribution in [2.24, 2.45) is 0 Å². The lowest BCUT2D eigenvalue weighted by Gasteiger charge is -2.23. The average Bonchev–Trinajstić information content (AvgIpc) is 3.08. The van der Waals surface area contributed by atoms with E-state index in [1.54, 1.807) is 11.3 Å². The molecule has 1 N–H and O–H groups in total. The van der Waals surface area contributed by atoms with E-state index in [-0.39, 0.29) is 11.9 Å². The molecule has 5 heteroatoms. The van der Waals surface area contributed by atoms with Gasteiger partial charge >= 0.3 is 0 Å². The van der Waals surface area contributed by atoms with Crippen LogP contribution in [0.5, 0.6) is 5.75 Å². The highest BCUT2D eigenvalue weighted by Crippen LogP contribution is 2.22. The maximum atomic E-state index is 12.1. The Kier molecular flexibility index (Phi) is 7.95. The number of carbonyl (C=O) groups is 1. The molecule has 1 atom stereocenters. The van der Waals surface area contributed by atoms with Crippen molar-refractivity contribution in [3.8, 4) is 5.75 Å². The van der Waals surface area contributed by atoms with E-state index < -0.39 is 0 Å². The van der Waals surface area contributed by atoms with Gasteiger partial charge in [0.15, 0.2) is 0 Å². The third-order valence-electron chi connectivity index (χ3n) is 4.04. The van der Waals surface area contributed by atoms with E-state index in [1.807, 2.05) is 51.4 Å². The van der Waals surface area contributed by atoms with Gasteiger partial charge in [0, 0.05) is 17.8 Å². The number of amides is 1. The Bertz CT molecular complexity index is 641. The number of hydrogen-bond donors (Lipinski definition) is 1. The number of nitrogens with one attached hydrogen (secondary N) is 1. The second kappa shape index (κ2) is 10.2. The summed E-state index contributed by atoms with van der Waals surface area (Å²) in [6.07, 6.45) is 2.26. The van der Waals surface area contributed by atoms with Crippen LogP contribution >= 0.6 is 11.3 Å². The molecular weight excluding hydrogens is 332 g/mol. The van der Waals surface area contributed by atoms with Gasteiger partial charge < -0.3 is 15.0 Å². The lowest BCUT2D eigenvalue weighted by Crippen LogP contribution is -2.34. The van der Waals surface area contributed by atoms with E-state index in [9.17, 15) is 4.79 Å². The van der Waals surface area contributed by atoms with Crippen molar-refractivity contribution < 1.29 is 9.53 Å². The first-order chi connectivity index (χ1) is 12.1. The van der Waals surface area contributed by atoms with E-state index in [4.69, 9.17) is 4.74 Å². The molecular formula is C20H28N2O2S. The number of carbonyl (C=O) groups excluding carboxylic acids is 1. The van der Waals surface area contributed by atoms with Crippen LogP contribution in [0.4, 0.5) is 0 Å². The molecule has 4 nitrogen and oxygen atoms in total. The van der Waals surface area contributed by atoms with Gasteiger partial charge in [-0.2, -0.15) is 0 Å². The molecule has 0 aliphatic carbocycles. The number of unbranched alkanes of at least 4 members (excludes halogenated alkanes) is 1. The summed E-state index contributed by atoms with van der Waals surface area (Å²) in [6.45, 7) is 3.34. The van der Waals surface area contributed by atoms with Gasteiger partial charge in [0.25, 0.3) is 0 Å². The highest BCUT2D eigenvalue weighted by atomic mass is 32.1. The molecule has 25 heavy (non-hydrogen) atoms. The normalized spacial score (nSPS) is 12.2. The summed E-state index contributed by atoms with van der Waals surface area (Å²) in [5.41, 5.74) is 1.19. The standard InChI is InChI=1S/C20H28N2O2S/c1-16-8-6-9-17(14-16)24-12-5-4-11-20(23)21-15-18(22(2)3)19-10-7-13-25-19/h6-10,13-14,18H,4-5,11-12,15H2,1-3H3,(H,21,23). The number of ether oxygens (including phenoxy) is 1. The fourth-order valence-electron chi connectivity index (χ4n) is 2.60. The zero-order valence-electron chi connectivity index (χ0n) is 15.3. The number of thiophene rings is 1. The number of nitrogens with zero attached hydrogens (tertiary/aromatic N) is 1. The molecule has 0 fully saturated rings. The summed E-state index contributed by atoms with van der Waals surface area (Å²) in [6, 6.07) is 12.4. The van der Waals surface area contributed by atoms with Crippen molar-refractivity contribution in [2.75, 3.05) is 27.2 Å². The van der Waals surface area contributed by atoms with Gasteiger partial charge in [-0.3, -0.25) is 4.79 Å². The Morgan fingerprint density at radius 3 is 2.76 bits per heavy atom. The summed E-state index contributed by atoms with van der Waals surface area (Å²) in [5.74, 6) is 1.01. The Balaban J connectivity index is 1.62. The molecule has 0 spiro atoms. The summed E-state index contributed by atoms with van der Waals surface area (Å²) < 4.78 is 5.71. The largest absolute Gasteiger partial charge is 0.494 e. The van der Waals surface area contributed by atoms with Crippen molar-refractivity contribution in [1.82, 2.24) is 10.2 Å². The molecule has 1 amide bonds. The predicted octanol–water partition coefficient (Wildman–Crippen LogP) is 4.02. The molecule has 0 aliphatic heterocycles. The predicted molar refractivity (Wildman–Crippen MR) is 104 cm³/mol. The van der Waals surface area contributed by atoms with Crippen molar-refractivity contribution in [2.45, 2.75) is 32.2 Å². The van der Waals surface area contributed by atoms with Gasteiger partial charge in [0.05, 0.1) is 12.6 Å². The van der Waals surface area contributed by atoms with Crippen LogP contribution in [-0.2, 0) is 4.79 Å². The highest BCUT2D eigenvalue weighted by molar-refractivity contribution is 7.10. The van der Waals surface area contributed by atoms with Gasteiger partial charge in [0.2, 0.25) is 5.91 Å². The first-order valence-electron chi connectivity index (χ1n) is 8.72. The molecule has 136 valence electrons. The van der Waals surface area contributed by atoms with Crippen LogP contribution in [-0.4, -0.2) is 38.1 Å². The molecule has 1 unspecified atom stereocenters. The molecule has 1 heterocycles. The van der Waals surface area contributed by atoms with E-state index >= 15 is 0 Å². The lowest BCUT2D eigenvalue weighted by molar-refractivity contribution is -0.121. The first kappa shape index (κ1) is 19.5. The second-order valence-corrected chi connectivity index (χ2v) is 7.40. The summed E-state index contributed by atoms with van der Waals surface area (Å²) >= 11 is 1.72. The van der Waals surface area contributed by atoms with Gasteiger partial charge in [-0.1, -0.05) is 18.2 Å². The van der Waals surface area contributed by atoms with Crippen LogP contribution in [0.1, 0.15) is 35.7 Å². The van der Waals surface area contributed by atoms with Crippen molar-refractivity contribution in [1.29, 1.82) is 0 Å². The molecule has 0 saturated carbocycles. The van der Waals surface area contributed by atoms with Crippen molar-refractivity contribution in [3.63, 3.8) is 0 Å². The van der Waals surface area contributed by atoms with Crippen LogP contribution in [0.2, 0.25) is 0 Å². The summed E-state index contributed by atoms with van der Waals surface area (Å²) in [7, 11) is 4.08. The van der Waals surface area contributed by atoms with Crippen molar-refractivity contribution in [3.05, 3.63) is 52.2 Å². The minimum absolute atomic E-state index is 0.110. The van der Waals surface area contributed by atoms with E-state index in [0.717, 1.165) is 18.6 Å². The quantitative estimate of drug-likeness (QED) is 0.651. The van der Waals surface area contributed by atoms with Gasteiger partial charge in [-0.05, 0) is 63.0 Å². The molecule has 2 rings (SSSR count). The fraction of sp³-hybridized carbons (Fsp3) is 0.450. The van der Waals surface area contributed by atoms with E-state index in [0.29, 0.717) is 19.6 Å². The molecule has 0 saturated heterocycles. The maximum Gasteiger partial charge on any atom is 0.220 e. The number of benzene rings is 1. The molecule has 1 aromatic carbocycles. The number of rotatable bonds is 10. The highest BCUT2D eigenvalue weighted by Gasteiger charge is 2.15. The Morgan fingerprint density at radius 1 is 1.24 bits per heavy atom. The van der Waals surface area contributed by atoms with E-state index in [2.05, 4.69) is 21.7 Å². The number of likely N-dealkylation sites (N-methyl/N-ethyl adjacent to an activating group) is 1. The van der Waals surface area contributed by atoms with Crippen LogP contribution in [0.3, 0.4) is 0 Å². The van der Waals surface area contributed by atoms with Gasteiger partial charge in [0.1, 0.15) is 5.75 Å². The Hall–Kier alpha value is -1.85. The molecule has 0 radical (unpaired) electrons. The molecule has 2 aromatic rings. The van der Waals surface area contributed by atoms with Gasteiger partial charge in [-0.25, -0.2) is 0 Å². The van der Waals surface area contributed by atoms with Crippen LogP contribution in [0.25, 0.3) is 0 Å². The zero-order chi connectivity index (χ0) is 18.1. The minimum atomic E-state index is 0.110. The SMILES string of the molecule is Cc1cccc(OCCCCC(=O)NCC(c2cccs2)N(C)C)c1. The smallest absolute Gasteiger partial charge is 0.220 e.